The summed E-state index contributed by atoms with van der Waals surface area (Å²) < 4.78 is 1.90. The maximum atomic E-state index is 13.3. The second-order valence-corrected chi connectivity index (χ2v) is 8.73. The third-order valence-corrected chi connectivity index (χ3v) is 6.56. The van der Waals surface area contributed by atoms with Gasteiger partial charge in [-0.2, -0.15) is 5.26 Å². The molecule has 2 aromatic carbocycles. The fourth-order valence-corrected chi connectivity index (χ4v) is 4.96. The van der Waals surface area contributed by atoms with Crippen molar-refractivity contribution < 1.29 is 4.79 Å². The summed E-state index contributed by atoms with van der Waals surface area (Å²) in [6.45, 7) is 1.84. The van der Waals surface area contributed by atoms with Gasteiger partial charge in [-0.3, -0.25) is 9.59 Å². The third kappa shape index (κ3) is 3.54. The van der Waals surface area contributed by atoms with Gasteiger partial charge in [0.2, 0.25) is 0 Å². The molecule has 1 aromatic heterocycles. The molecule has 5 rings (SSSR count). The lowest BCUT2D eigenvalue weighted by atomic mass is 9.82. The largest absolute Gasteiger partial charge is 0.338 e. The van der Waals surface area contributed by atoms with Crippen LogP contribution >= 0.6 is 11.6 Å². The molecular weight excluding hydrogens is 410 g/mol. The highest BCUT2D eigenvalue weighted by Gasteiger charge is 2.37. The van der Waals surface area contributed by atoms with Gasteiger partial charge in [-0.25, -0.2) is 0 Å². The van der Waals surface area contributed by atoms with Gasteiger partial charge in [0.1, 0.15) is 0 Å². The molecule has 2 bridgehead atoms. The molecule has 5 nitrogen and oxygen atoms in total. The molecule has 2 aliphatic heterocycles. The molecule has 1 saturated heterocycles. The Kier molecular flexibility index (Phi) is 4.88. The molecule has 0 saturated carbocycles. The molecule has 1 fully saturated rings. The summed E-state index contributed by atoms with van der Waals surface area (Å²) in [6, 6.07) is 20.1. The highest BCUT2D eigenvalue weighted by molar-refractivity contribution is 6.30. The maximum absolute atomic E-state index is 13.3. The van der Waals surface area contributed by atoms with Crippen molar-refractivity contribution in [3.8, 4) is 17.2 Å². The fourth-order valence-electron chi connectivity index (χ4n) is 4.83. The van der Waals surface area contributed by atoms with Crippen LogP contribution < -0.4 is 5.56 Å². The smallest absolute Gasteiger partial charge is 0.258 e. The van der Waals surface area contributed by atoms with Crippen molar-refractivity contribution in [2.45, 2.75) is 18.9 Å². The number of halogens is 1. The minimum Gasteiger partial charge on any atom is -0.338 e. The summed E-state index contributed by atoms with van der Waals surface area (Å²) in [5.74, 6) is 0.362. The van der Waals surface area contributed by atoms with Crippen molar-refractivity contribution in [2.24, 2.45) is 5.92 Å². The van der Waals surface area contributed by atoms with Gasteiger partial charge in [0, 0.05) is 47.4 Å². The van der Waals surface area contributed by atoms with Gasteiger partial charge < -0.3 is 9.47 Å². The van der Waals surface area contributed by atoms with Crippen LogP contribution in [0.25, 0.3) is 11.1 Å². The number of aromatic nitrogens is 1. The predicted octanol–water partition coefficient (Wildman–Crippen LogP) is 4.30. The molecule has 2 atom stereocenters. The van der Waals surface area contributed by atoms with Crippen LogP contribution in [0.4, 0.5) is 0 Å². The van der Waals surface area contributed by atoms with Crippen LogP contribution in [0.2, 0.25) is 5.02 Å². The first kappa shape index (κ1) is 19.6. The van der Waals surface area contributed by atoms with E-state index in [2.05, 4.69) is 6.07 Å². The van der Waals surface area contributed by atoms with Crippen molar-refractivity contribution in [1.29, 1.82) is 5.26 Å². The number of amides is 1. The van der Waals surface area contributed by atoms with Crippen LogP contribution in [0.5, 0.6) is 0 Å². The van der Waals surface area contributed by atoms with Gasteiger partial charge in [0.25, 0.3) is 11.5 Å². The van der Waals surface area contributed by atoms with Gasteiger partial charge in [0.05, 0.1) is 11.6 Å². The number of benzene rings is 2. The van der Waals surface area contributed by atoms with Crippen LogP contribution in [-0.4, -0.2) is 28.5 Å². The number of nitrogens with zero attached hydrogens (tertiary/aromatic N) is 3. The zero-order valence-electron chi connectivity index (χ0n) is 16.8. The average molecular weight is 430 g/mol. The Hall–Kier alpha value is -3.36. The van der Waals surface area contributed by atoms with E-state index in [0.717, 1.165) is 17.7 Å². The highest BCUT2D eigenvalue weighted by Crippen LogP contribution is 2.36. The van der Waals surface area contributed by atoms with Gasteiger partial charge >= 0.3 is 0 Å². The van der Waals surface area contributed by atoms with E-state index in [-0.39, 0.29) is 23.3 Å². The lowest BCUT2D eigenvalue weighted by molar-refractivity contribution is 0.0594. The number of carbonyl (C=O) groups excluding carboxylic acids is 1. The van der Waals surface area contributed by atoms with E-state index in [4.69, 9.17) is 16.9 Å². The highest BCUT2D eigenvalue weighted by atomic mass is 35.5. The first-order valence-electron chi connectivity index (χ1n) is 10.3. The number of hydrogen-bond donors (Lipinski definition) is 0. The maximum Gasteiger partial charge on any atom is 0.258 e. The van der Waals surface area contributed by atoms with E-state index in [1.807, 2.05) is 33.7 Å². The SMILES string of the molecule is N#Cc1ccc(C(=O)N2C[C@@H]3C[C@H](C2)c2ccc(-c4ccc(Cl)cc4)c(=O)n2C3)cc1. The molecule has 31 heavy (non-hydrogen) atoms. The number of fused-ring (bicyclic) bond motifs is 4. The number of carbonyl (C=O) groups is 1. The van der Waals surface area contributed by atoms with E-state index < -0.39 is 0 Å². The standard InChI is InChI=1S/C25H20ClN3O2/c26-21-7-5-18(6-8-21)22-9-10-23-20-11-17(14-29(23)25(22)31)13-28(15-20)24(30)19-3-1-16(12-27)2-4-19/h1-10,17,20H,11,13-15H2/t17-,20+/m0/s1. The first-order valence-corrected chi connectivity index (χ1v) is 10.7. The number of nitriles is 1. The Morgan fingerprint density at radius 3 is 2.42 bits per heavy atom. The molecule has 0 N–H and O–H groups in total. The Morgan fingerprint density at radius 1 is 0.968 bits per heavy atom. The zero-order valence-corrected chi connectivity index (χ0v) is 17.5. The quantitative estimate of drug-likeness (QED) is 0.610. The number of rotatable bonds is 2. The molecule has 0 spiro atoms. The lowest BCUT2D eigenvalue weighted by Crippen LogP contribution is -2.49. The minimum absolute atomic E-state index is 0.0152. The molecule has 154 valence electrons. The number of hydrogen-bond acceptors (Lipinski definition) is 3. The zero-order chi connectivity index (χ0) is 21.5. The van der Waals surface area contributed by atoms with E-state index >= 15 is 0 Å². The summed E-state index contributed by atoms with van der Waals surface area (Å²) in [4.78, 5) is 28.2. The van der Waals surface area contributed by atoms with Gasteiger partial charge in [-0.1, -0.05) is 23.7 Å². The summed E-state index contributed by atoms with van der Waals surface area (Å²) in [6.07, 6.45) is 0.983. The Morgan fingerprint density at radius 2 is 1.71 bits per heavy atom. The van der Waals surface area contributed by atoms with Crippen LogP contribution in [0.1, 0.15) is 34.0 Å². The predicted molar refractivity (Wildman–Crippen MR) is 119 cm³/mol. The summed E-state index contributed by atoms with van der Waals surface area (Å²) >= 11 is 5.99. The number of piperidine rings is 1. The second-order valence-electron chi connectivity index (χ2n) is 8.29. The topological polar surface area (TPSA) is 66.1 Å². The summed E-state index contributed by atoms with van der Waals surface area (Å²) in [5.41, 5.74) is 3.67. The Balaban J connectivity index is 1.43. The van der Waals surface area contributed by atoms with Crippen LogP contribution in [0.3, 0.4) is 0 Å². The molecule has 1 amide bonds. The monoisotopic (exact) mass is 429 g/mol. The molecule has 2 aliphatic rings. The van der Waals surface area contributed by atoms with E-state index in [1.54, 1.807) is 36.4 Å². The van der Waals surface area contributed by atoms with Crippen LogP contribution in [-0.2, 0) is 6.54 Å². The normalized spacial score (nSPS) is 19.4. The minimum atomic E-state index is -0.0206. The third-order valence-electron chi connectivity index (χ3n) is 6.31. The lowest BCUT2D eigenvalue weighted by Gasteiger charge is -2.43. The molecule has 3 aromatic rings. The van der Waals surface area contributed by atoms with Gasteiger partial charge in [0.15, 0.2) is 0 Å². The summed E-state index contributed by atoms with van der Waals surface area (Å²) in [5, 5.41) is 9.61. The summed E-state index contributed by atoms with van der Waals surface area (Å²) in [7, 11) is 0. The van der Waals surface area contributed by atoms with Crippen molar-refractivity contribution in [3.63, 3.8) is 0 Å². The fraction of sp³-hybridized carbons (Fsp3) is 0.240. The van der Waals surface area contributed by atoms with Crippen molar-refractivity contribution in [2.75, 3.05) is 13.1 Å². The van der Waals surface area contributed by atoms with E-state index in [9.17, 15) is 9.59 Å². The number of likely N-dealkylation sites (tertiary alicyclic amines) is 1. The van der Waals surface area contributed by atoms with Crippen LogP contribution in [0.15, 0.2) is 65.5 Å². The van der Waals surface area contributed by atoms with Crippen molar-refractivity contribution in [3.05, 3.63) is 92.9 Å². The first-order chi connectivity index (χ1) is 15.0. The van der Waals surface area contributed by atoms with E-state index in [0.29, 0.717) is 41.3 Å². The van der Waals surface area contributed by atoms with Crippen molar-refractivity contribution >= 4 is 17.5 Å². The molecule has 0 unspecified atom stereocenters. The van der Waals surface area contributed by atoms with E-state index in [1.165, 1.54) is 0 Å². The Bertz CT molecular complexity index is 1260. The van der Waals surface area contributed by atoms with Gasteiger partial charge in [-0.05, 0) is 66.4 Å². The Labute approximate surface area is 185 Å². The second kappa shape index (κ2) is 7.72. The molecule has 3 heterocycles. The average Bonchev–Trinajstić information content (AvgIpc) is 2.80. The van der Waals surface area contributed by atoms with Crippen molar-refractivity contribution in [1.82, 2.24) is 9.47 Å². The molecular formula is C25H20ClN3O2. The molecule has 0 aliphatic carbocycles. The number of pyridine rings is 1. The molecule has 6 heteroatoms. The van der Waals surface area contributed by atoms with Crippen LogP contribution in [0, 0.1) is 17.2 Å². The molecule has 0 radical (unpaired) electrons. The van der Waals surface area contributed by atoms with Gasteiger partial charge in [-0.15, -0.1) is 0 Å².